The van der Waals surface area contributed by atoms with Gasteiger partial charge in [-0.2, -0.15) is 17.2 Å². The van der Waals surface area contributed by atoms with Crippen LogP contribution in [0.15, 0.2) is 97.5 Å². The second-order valence-electron chi connectivity index (χ2n) is 10.2. The van der Waals surface area contributed by atoms with Gasteiger partial charge in [-0.3, -0.25) is 4.68 Å². The number of para-hydroxylation sites is 1. The molecule has 0 saturated carbocycles. The van der Waals surface area contributed by atoms with Gasteiger partial charge in [-0.1, -0.05) is 35.8 Å². The number of ether oxygens (including phenoxy) is 1. The first kappa shape index (κ1) is 28.5. The normalized spacial score (nSPS) is 11.2. The second kappa shape index (κ2) is 11.6. The van der Waals surface area contributed by atoms with E-state index in [1.165, 1.54) is 18.3 Å². The minimum Gasteiger partial charge on any atom is -0.509 e. The van der Waals surface area contributed by atoms with Crippen molar-refractivity contribution in [1.29, 1.82) is 0 Å². The maximum Gasteiger partial charge on any atom is 2.00 e. The van der Waals surface area contributed by atoms with Crippen LogP contribution in [0.25, 0.3) is 44.4 Å². The topological polar surface area (TPSA) is 44.9 Å². The fourth-order valence-electron chi connectivity index (χ4n) is 5.60. The zero-order valence-corrected chi connectivity index (χ0v) is 25.5. The summed E-state index contributed by atoms with van der Waals surface area (Å²) in [4.78, 5) is 4.41. The summed E-state index contributed by atoms with van der Waals surface area (Å²) in [6.45, 7) is 3.48. The Labute approximate surface area is 261 Å². The van der Waals surface area contributed by atoms with Crippen LogP contribution in [0.5, 0.6) is 11.5 Å². The van der Waals surface area contributed by atoms with E-state index in [-0.39, 0.29) is 26.9 Å². The van der Waals surface area contributed by atoms with E-state index in [2.05, 4.69) is 22.2 Å². The molecule has 0 spiro atoms. The number of hydrogen-bond donors (Lipinski definition) is 0. The van der Waals surface area contributed by atoms with Crippen LogP contribution in [-0.4, -0.2) is 19.3 Å². The maximum atomic E-state index is 14.2. The summed E-state index contributed by atoms with van der Waals surface area (Å²) >= 11 is 0. The van der Waals surface area contributed by atoms with E-state index in [0.29, 0.717) is 28.6 Å². The molecule has 0 saturated heterocycles. The zero-order chi connectivity index (χ0) is 28.8. The number of halogens is 2. The molecule has 0 amide bonds. The minimum atomic E-state index is -0.489. The molecule has 8 heteroatoms. The Bertz CT molecular complexity index is 2090. The van der Waals surface area contributed by atoms with Gasteiger partial charge < -0.3 is 9.30 Å². The molecule has 214 valence electrons. The molecular formula is C35H24F2N4OPt. The van der Waals surface area contributed by atoms with Gasteiger partial charge in [0.05, 0.1) is 6.20 Å². The van der Waals surface area contributed by atoms with Gasteiger partial charge in [0.1, 0.15) is 18.3 Å². The van der Waals surface area contributed by atoms with Crippen molar-refractivity contribution in [3.63, 3.8) is 0 Å². The van der Waals surface area contributed by atoms with Crippen molar-refractivity contribution in [3.05, 3.63) is 132 Å². The van der Waals surface area contributed by atoms with Crippen molar-refractivity contribution < 1.29 is 34.6 Å². The van der Waals surface area contributed by atoms with Gasteiger partial charge in [-0.15, -0.1) is 35.7 Å². The number of pyridine rings is 1. The van der Waals surface area contributed by atoms with Crippen molar-refractivity contribution >= 4 is 21.8 Å². The van der Waals surface area contributed by atoms with E-state index in [1.807, 2.05) is 91.3 Å². The molecule has 0 aliphatic carbocycles. The number of fused-ring (bicyclic) bond motifs is 3. The number of aryl methyl sites for hydroxylation is 2. The maximum absolute atomic E-state index is 14.2. The molecule has 3 aromatic heterocycles. The third-order valence-corrected chi connectivity index (χ3v) is 7.33. The summed E-state index contributed by atoms with van der Waals surface area (Å²) in [5, 5.41) is 6.52. The van der Waals surface area contributed by atoms with Gasteiger partial charge in [0, 0.05) is 41.0 Å². The summed E-state index contributed by atoms with van der Waals surface area (Å²) in [5.41, 5.74) is 6.97. The van der Waals surface area contributed by atoms with Crippen molar-refractivity contribution in [2.75, 3.05) is 0 Å². The van der Waals surface area contributed by atoms with E-state index in [9.17, 15) is 8.78 Å². The number of nitrogens with zero attached hydrogens (tertiary/aromatic N) is 4. The Morgan fingerprint density at radius 1 is 0.860 bits per heavy atom. The fourth-order valence-corrected chi connectivity index (χ4v) is 5.60. The van der Waals surface area contributed by atoms with Gasteiger partial charge in [0.15, 0.2) is 0 Å². The molecule has 0 bridgehead atoms. The summed E-state index contributed by atoms with van der Waals surface area (Å²) in [6.07, 6.45) is 5.18. The third-order valence-electron chi connectivity index (χ3n) is 7.33. The second-order valence-corrected chi connectivity index (χ2v) is 10.2. The molecule has 7 aromatic rings. The van der Waals surface area contributed by atoms with E-state index in [1.54, 1.807) is 10.9 Å². The number of benzene rings is 4. The molecule has 3 heterocycles. The van der Waals surface area contributed by atoms with E-state index < -0.39 is 6.67 Å². The van der Waals surface area contributed by atoms with Crippen molar-refractivity contribution in [2.45, 2.75) is 20.5 Å². The molecule has 0 radical (unpaired) electrons. The SMILES string of the molecule is Cc1cc(CF)cc(C)c1-c1cnn(-c2[c-]c(Oc3[c-]c4c(cc3)c3ccccc3n4-c3cc(F)ccn3)ccc2)c1.[Pt+2]. The van der Waals surface area contributed by atoms with Crippen LogP contribution in [0.1, 0.15) is 16.7 Å². The smallest absolute Gasteiger partial charge is 0.509 e. The Morgan fingerprint density at radius 3 is 2.44 bits per heavy atom. The van der Waals surface area contributed by atoms with Gasteiger partial charge in [0.25, 0.3) is 0 Å². The predicted octanol–water partition coefficient (Wildman–Crippen LogP) is 8.65. The predicted molar refractivity (Wildman–Crippen MR) is 160 cm³/mol. The molecule has 7 rings (SSSR count). The Morgan fingerprint density at radius 2 is 1.65 bits per heavy atom. The van der Waals surface area contributed by atoms with Crippen molar-refractivity contribution in [2.24, 2.45) is 0 Å². The zero-order valence-electron chi connectivity index (χ0n) is 23.2. The molecule has 0 unspecified atom stereocenters. The van der Waals surface area contributed by atoms with Crippen LogP contribution in [0.3, 0.4) is 0 Å². The summed E-state index contributed by atoms with van der Waals surface area (Å²) < 4.78 is 37.2. The summed E-state index contributed by atoms with van der Waals surface area (Å²) in [6, 6.07) is 30.5. The molecule has 43 heavy (non-hydrogen) atoms. The molecule has 0 aliphatic rings. The molecule has 0 fully saturated rings. The van der Waals surface area contributed by atoms with Crippen LogP contribution < -0.4 is 4.74 Å². The van der Waals surface area contributed by atoms with Crippen molar-refractivity contribution in [1.82, 2.24) is 19.3 Å². The monoisotopic (exact) mass is 749 g/mol. The minimum absolute atomic E-state index is 0. The molecule has 4 aromatic carbocycles. The van der Waals surface area contributed by atoms with Gasteiger partial charge in [0.2, 0.25) is 0 Å². The van der Waals surface area contributed by atoms with E-state index >= 15 is 0 Å². The van der Waals surface area contributed by atoms with Crippen LogP contribution in [0, 0.1) is 31.8 Å². The molecule has 0 N–H and O–H groups in total. The fraction of sp³-hybridized carbons (Fsp3) is 0.0857. The largest absolute Gasteiger partial charge is 2.00 e. The summed E-state index contributed by atoms with van der Waals surface area (Å²) in [7, 11) is 0. The van der Waals surface area contributed by atoms with Crippen LogP contribution >= 0.6 is 0 Å². The van der Waals surface area contributed by atoms with Gasteiger partial charge in [-0.05, 0) is 59.3 Å². The standard InChI is InChI=1S/C35H24F2N4O.Pt/c1-22-14-24(19-36)15-23(2)35(22)25-20-39-40(21-25)27-6-5-7-28(17-27)42-29-10-11-31-30-8-3-4-9-32(30)41(33(31)18-29)34-16-26(37)12-13-38-34;/h3-16,20-21H,19H2,1-2H3;/q-2;+2. The number of aromatic nitrogens is 4. The van der Waals surface area contributed by atoms with E-state index in [0.717, 1.165) is 44.1 Å². The number of alkyl halides is 1. The Hall–Kier alpha value is -4.61. The first-order valence-corrected chi connectivity index (χ1v) is 13.5. The molecule has 0 atom stereocenters. The average molecular weight is 750 g/mol. The Balaban J connectivity index is 0.00000329. The third kappa shape index (κ3) is 5.26. The van der Waals surface area contributed by atoms with Crippen LogP contribution in [0.2, 0.25) is 0 Å². The van der Waals surface area contributed by atoms with Gasteiger partial charge in [-0.25, -0.2) is 13.8 Å². The van der Waals surface area contributed by atoms with E-state index in [4.69, 9.17) is 4.74 Å². The van der Waals surface area contributed by atoms with Crippen LogP contribution in [-0.2, 0) is 27.7 Å². The Kier molecular flexibility index (Phi) is 7.68. The average Bonchev–Trinajstić information content (AvgIpc) is 3.60. The molecular weight excluding hydrogens is 725 g/mol. The number of rotatable bonds is 6. The van der Waals surface area contributed by atoms with Gasteiger partial charge >= 0.3 is 21.1 Å². The first-order valence-electron chi connectivity index (χ1n) is 13.5. The first-order chi connectivity index (χ1) is 20.5. The summed E-state index contributed by atoms with van der Waals surface area (Å²) in [5.74, 6) is 1.07. The molecule has 0 aliphatic heterocycles. The van der Waals surface area contributed by atoms with Crippen molar-refractivity contribution in [3.8, 4) is 34.1 Å². The number of hydrogen-bond acceptors (Lipinski definition) is 3. The van der Waals surface area contributed by atoms with Crippen LogP contribution in [0.4, 0.5) is 8.78 Å². The molecule has 5 nitrogen and oxygen atoms in total. The quantitative estimate of drug-likeness (QED) is 0.160.